The number of alkyl halides is 1. The number of hydrogen-bond donors (Lipinski definition) is 1. The average Bonchev–Trinajstić information content (AvgIpc) is 2.61. The zero-order valence-electron chi connectivity index (χ0n) is 15.3. The smallest absolute Gasteiger partial charge is 0.211 e. The molecule has 0 spiro atoms. The van der Waals surface area contributed by atoms with E-state index in [2.05, 4.69) is 15.3 Å². The van der Waals surface area contributed by atoms with Crippen molar-refractivity contribution in [1.29, 1.82) is 0 Å². The van der Waals surface area contributed by atoms with Gasteiger partial charge in [0, 0.05) is 25.1 Å². The van der Waals surface area contributed by atoms with E-state index < -0.39 is 0 Å². The van der Waals surface area contributed by atoms with Crippen LogP contribution in [0.5, 0.6) is 0 Å². The Kier molecular flexibility index (Phi) is 11.9. The number of carbonyl (C=O) groups is 1. The molecule has 1 aromatic heterocycles. The van der Waals surface area contributed by atoms with Gasteiger partial charge in [0.1, 0.15) is 5.82 Å². The summed E-state index contributed by atoms with van der Waals surface area (Å²) in [6.07, 6.45) is 5.93. The summed E-state index contributed by atoms with van der Waals surface area (Å²) in [7, 11) is 0. The molecule has 0 saturated heterocycles. The number of nitrogens with one attached hydrogen (secondary N) is 1. The largest absolute Gasteiger partial charge is 0.329 e. The van der Waals surface area contributed by atoms with Crippen LogP contribution in [0, 0.1) is 13.8 Å². The highest BCUT2D eigenvalue weighted by Crippen LogP contribution is 2.25. The molecule has 0 saturated carbocycles. The summed E-state index contributed by atoms with van der Waals surface area (Å²) < 4.78 is 11.0. The second-order valence-electron chi connectivity index (χ2n) is 4.85. The van der Waals surface area contributed by atoms with Gasteiger partial charge < -0.3 is 5.32 Å². The van der Waals surface area contributed by atoms with Gasteiger partial charge in [-0.2, -0.15) is 0 Å². The molecule has 2 rings (SSSR count). The molecular weight excluding hydrogens is 305 g/mol. The maximum Gasteiger partial charge on any atom is 0.211 e. The fourth-order valence-corrected chi connectivity index (χ4v) is 1.76. The van der Waals surface area contributed by atoms with Gasteiger partial charge >= 0.3 is 0 Å². The predicted octanol–water partition coefficient (Wildman–Crippen LogP) is 5.36. The molecule has 0 aliphatic rings. The molecule has 24 heavy (non-hydrogen) atoms. The van der Waals surface area contributed by atoms with Crippen LogP contribution in [0.15, 0.2) is 30.6 Å². The number of nitrogens with zero attached hydrogens (tertiary/aromatic N) is 2. The van der Waals surface area contributed by atoms with E-state index in [0.717, 1.165) is 41.0 Å². The lowest BCUT2D eigenvalue weighted by Crippen LogP contribution is -1.95. The van der Waals surface area contributed by atoms with Gasteiger partial charge in [-0.25, -0.2) is 9.97 Å². The highest BCUT2D eigenvalue weighted by atomic mass is 19.1. The first kappa shape index (κ1) is 21.7. The molecule has 134 valence electrons. The lowest BCUT2D eigenvalue weighted by molar-refractivity contribution is -0.105. The van der Waals surface area contributed by atoms with E-state index in [1.807, 2.05) is 52.8 Å². The van der Waals surface area contributed by atoms with E-state index in [0.29, 0.717) is 6.41 Å². The van der Waals surface area contributed by atoms with Gasteiger partial charge in [-0.15, -0.1) is 0 Å². The van der Waals surface area contributed by atoms with Crippen LogP contribution in [0.1, 0.15) is 46.4 Å². The van der Waals surface area contributed by atoms with Crippen LogP contribution in [0.2, 0.25) is 0 Å². The van der Waals surface area contributed by atoms with Gasteiger partial charge in [-0.05, 0) is 43.5 Å². The zero-order chi connectivity index (χ0) is 18.4. The Bertz CT molecular complexity index is 590. The Balaban J connectivity index is 0. The Morgan fingerprint density at radius 1 is 1.21 bits per heavy atom. The molecule has 1 amide bonds. The van der Waals surface area contributed by atoms with Crippen LogP contribution in [0.25, 0.3) is 11.1 Å². The number of amides is 1. The van der Waals surface area contributed by atoms with E-state index in [9.17, 15) is 9.18 Å². The topological polar surface area (TPSA) is 54.9 Å². The number of carbonyl (C=O) groups excluding carboxylic acids is 1. The molecule has 1 heterocycles. The van der Waals surface area contributed by atoms with Crippen LogP contribution >= 0.6 is 0 Å². The third-order valence-electron chi connectivity index (χ3n) is 3.04. The minimum absolute atomic E-state index is 0. The molecule has 0 unspecified atom stereocenters. The van der Waals surface area contributed by atoms with E-state index in [1.165, 1.54) is 0 Å². The highest BCUT2D eigenvalue weighted by molar-refractivity contribution is 5.77. The maximum atomic E-state index is 11.0. The predicted molar refractivity (Wildman–Crippen MR) is 101 cm³/mol. The SMILES string of the molecule is CC.CCCCF.Cc1ncc(-c2cc(NC=O)ccc2C)cn1.[HH]. The molecular formula is C19H30FN3O. The van der Waals surface area contributed by atoms with Crippen molar-refractivity contribution in [1.82, 2.24) is 9.97 Å². The summed E-state index contributed by atoms with van der Waals surface area (Å²) >= 11 is 0. The third-order valence-corrected chi connectivity index (χ3v) is 3.04. The number of benzene rings is 1. The van der Waals surface area contributed by atoms with Crippen LogP contribution in [-0.2, 0) is 4.79 Å². The van der Waals surface area contributed by atoms with Gasteiger partial charge in [0.2, 0.25) is 6.41 Å². The molecule has 1 aromatic carbocycles. The Hall–Kier alpha value is -2.30. The van der Waals surface area contributed by atoms with E-state index in [1.54, 1.807) is 12.4 Å². The molecule has 2 aromatic rings. The van der Waals surface area contributed by atoms with Crippen molar-refractivity contribution in [2.75, 3.05) is 12.0 Å². The van der Waals surface area contributed by atoms with Gasteiger partial charge in [-0.3, -0.25) is 9.18 Å². The third kappa shape index (κ3) is 7.81. The summed E-state index contributed by atoms with van der Waals surface area (Å²) in [4.78, 5) is 18.8. The number of halogens is 1. The normalized spacial score (nSPS) is 9.08. The second kappa shape index (κ2) is 13.2. The molecule has 0 bridgehead atoms. The van der Waals surface area contributed by atoms with Crippen molar-refractivity contribution < 1.29 is 10.6 Å². The van der Waals surface area contributed by atoms with Crippen LogP contribution in [-0.4, -0.2) is 23.1 Å². The minimum Gasteiger partial charge on any atom is -0.329 e. The number of anilines is 1. The van der Waals surface area contributed by atoms with E-state index in [-0.39, 0.29) is 8.10 Å². The Morgan fingerprint density at radius 2 is 1.83 bits per heavy atom. The molecule has 0 aliphatic carbocycles. The first-order valence-electron chi connectivity index (χ1n) is 8.28. The molecule has 4 nitrogen and oxygen atoms in total. The summed E-state index contributed by atoms with van der Waals surface area (Å²) in [5, 5.41) is 2.63. The Morgan fingerprint density at radius 3 is 2.29 bits per heavy atom. The van der Waals surface area contributed by atoms with Crippen LogP contribution in [0.3, 0.4) is 0 Å². The highest BCUT2D eigenvalue weighted by Gasteiger charge is 2.04. The number of unbranched alkanes of at least 4 members (excludes halogenated alkanes) is 1. The fourth-order valence-electron chi connectivity index (χ4n) is 1.76. The van der Waals surface area contributed by atoms with Gasteiger partial charge in [0.05, 0.1) is 6.67 Å². The first-order valence-corrected chi connectivity index (χ1v) is 8.28. The molecule has 5 heteroatoms. The van der Waals surface area contributed by atoms with Crippen molar-refractivity contribution in [3.8, 4) is 11.1 Å². The monoisotopic (exact) mass is 335 g/mol. The second-order valence-corrected chi connectivity index (χ2v) is 4.85. The van der Waals surface area contributed by atoms with E-state index in [4.69, 9.17) is 0 Å². The Labute approximate surface area is 146 Å². The number of aryl methyl sites for hydroxylation is 2. The molecule has 0 aliphatic heterocycles. The number of hydrogen-bond acceptors (Lipinski definition) is 3. The van der Waals surface area contributed by atoms with E-state index >= 15 is 0 Å². The number of aromatic nitrogens is 2. The summed E-state index contributed by atoms with van der Waals surface area (Å²) in [5.41, 5.74) is 3.86. The van der Waals surface area contributed by atoms with Crippen molar-refractivity contribution in [2.45, 2.75) is 47.5 Å². The minimum atomic E-state index is -0.156. The van der Waals surface area contributed by atoms with Crippen LogP contribution < -0.4 is 5.32 Å². The van der Waals surface area contributed by atoms with Gasteiger partial charge in [-0.1, -0.05) is 33.3 Å². The standard InChI is InChI=1S/C13H13N3O.C4H9F.C2H6.H2/c1-9-3-4-12(16-8-17)5-13(9)11-6-14-10(2)15-7-11;1-2-3-4-5;1-2;/h3-8H,1-2H3,(H,16,17);2-4H2,1H3;1-2H3;1H. The number of rotatable bonds is 5. The van der Waals surface area contributed by atoms with Gasteiger partial charge in [0.15, 0.2) is 0 Å². The summed E-state index contributed by atoms with van der Waals surface area (Å²) in [5.74, 6) is 0.744. The summed E-state index contributed by atoms with van der Waals surface area (Å²) in [6, 6.07) is 5.74. The van der Waals surface area contributed by atoms with Crippen molar-refractivity contribution >= 4 is 12.1 Å². The quantitative estimate of drug-likeness (QED) is 0.749. The average molecular weight is 335 g/mol. The van der Waals surface area contributed by atoms with Crippen LogP contribution in [0.4, 0.5) is 10.1 Å². The van der Waals surface area contributed by atoms with Gasteiger partial charge in [0.25, 0.3) is 0 Å². The molecule has 0 fully saturated rings. The summed E-state index contributed by atoms with van der Waals surface area (Å²) in [6.45, 7) is 9.68. The lowest BCUT2D eigenvalue weighted by atomic mass is 10.0. The molecule has 1 N–H and O–H groups in total. The fraction of sp³-hybridized carbons (Fsp3) is 0.421. The maximum absolute atomic E-state index is 11.0. The zero-order valence-corrected chi connectivity index (χ0v) is 15.3. The van der Waals surface area contributed by atoms with Crippen molar-refractivity contribution in [2.24, 2.45) is 0 Å². The van der Waals surface area contributed by atoms with Crippen molar-refractivity contribution in [3.05, 3.63) is 42.0 Å². The molecule has 0 radical (unpaired) electrons. The lowest BCUT2D eigenvalue weighted by Gasteiger charge is -2.08. The first-order chi connectivity index (χ1) is 11.6. The van der Waals surface area contributed by atoms with Crippen molar-refractivity contribution in [3.63, 3.8) is 0 Å². The molecule has 0 atom stereocenters.